The molecule has 1 aliphatic rings. The Hall–Kier alpha value is -1.22. The highest BCUT2D eigenvalue weighted by Crippen LogP contribution is 2.28. The number of halogens is 1. The molecule has 6 nitrogen and oxygen atoms in total. The van der Waals surface area contributed by atoms with Crippen LogP contribution in [0.1, 0.15) is 32.3 Å². The van der Waals surface area contributed by atoms with Gasteiger partial charge in [0.05, 0.1) is 7.11 Å². The minimum Gasteiger partial charge on any atom is -0.493 e. The molecule has 2 rings (SSSR count). The first-order chi connectivity index (χ1) is 12.7. The van der Waals surface area contributed by atoms with Gasteiger partial charge in [0.1, 0.15) is 6.61 Å². The Labute approximate surface area is 181 Å². The first-order valence-corrected chi connectivity index (χ1v) is 9.66. The number of nitrogens with one attached hydrogen (secondary N) is 2. The van der Waals surface area contributed by atoms with Crippen LogP contribution in [0.3, 0.4) is 0 Å². The van der Waals surface area contributed by atoms with Gasteiger partial charge in [-0.3, -0.25) is 4.99 Å². The summed E-state index contributed by atoms with van der Waals surface area (Å²) < 4.78 is 11.4. The Kier molecular flexibility index (Phi) is 11.5. The molecule has 154 valence electrons. The average molecular weight is 490 g/mol. The molecule has 7 heteroatoms. The average Bonchev–Trinajstić information content (AvgIpc) is 3.50. The van der Waals surface area contributed by atoms with Crippen LogP contribution in [0, 0.1) is 5.92 Å². The van der Waals surface area contributed by atoms with Crippen molar-refractivity contribution in [2.45, 2.75) is 33.2 Å². The zero-order chi connectivity index (χ0) is 18.8. The molecule has 0 bridgehead atoms. The van der Waals surface area contributed by atoms with Gasteiger partial charge < -0.3 is 25.0 Å². The largest absolute Gasteiger partial charge is 0.493 e. The second kappa shape index (κ2) is 13.0. The van der Waals surface area contributed by atoms with Crippen LogP contribution in [0.4, 0.5) is 0 Å². The van der Waals surface area contributed by atoms with E-state index >= 15 is 0 Å². The highest BCUT2D eigenvalue weighted by molar-refractivity contribution is 14.0. The fourth-order valence-corrected chi connectivity index (χ4v) is 2.74. The molecule has 0 saturated heterocycles. The Morgan fingerprint density at radius 2 is 1.93 bits per heavy atom. The SMILES string of the molecule is CCN(CC)CCOc1ccc(CNC(=NC)NCC2CC2)cc1OC.I. The normalized spacial score (nSPS) is 13.9. The van der Waals surface area contributed by atoms with Crippen LogP contribution >= 0.6 is 24.0 Å². The van der Waals surface area contributed by atoms with Gasteiger partial charge in [0.25, 0.3) is 0 Å². The summed E-state index contributed by atoms with van der Waals surface area (Å²) in [6.45, 7) is 9.69. The minimum absolute atomic E-state index is 0. The second-order valence-electron chi connectivity index (χ2n) is 6.61. The molecule has 0 radical (unpaired) electrons. The van der Waals surface area contributed by atoms with Gasteiger partial charge in [-0.15, -0.1) is 24.0 Å². The van der Waals surface area contributed by atoms with Crippen LogP contribution in [0.2, 0.25) is 0 Å². The summed E-state index contributed by atoms with van der Waals surface area (Å²) >= 11 is 0. The summed E-state index contributed by atoms with van der Waals surface area (Å²) in [7, 11) is 3.48. The Balaban J connectivity index is 0.00000364. The fourth-order valence-electron chi connectivity index (χ4n) is 2.74. The molecule has 27 heavy (non-hydrogen) atoms. The molecule has 0 amide bonds. The molecule has 0 aliphatic heterocycles. The van der Waals surface area contributed by atoms with E-state index in [2.05, 4.69) is 40.4 Å². The number of guanidine groups is 1. The zero-order valence-corrected chi connectivity index (χ0v) is 19.4. The fraction of sp³-hybridized carbons (Fsp3) is 0.650. The van der Waals surface area contributed by atoms with Crippen LogP contribution in [0.15, 0.2) is 23.2 Å². The number of ether oxygens (including phenoxy) is 2. The van der Waals surface area contributed by atoms with Crippen molar-refractivity contribution in [2.24, 2.45) is 10.9 Å². The molecule has 1 aromatic carbocycles. The van der Waals surface area contributed by atoms with Gasteiger partial charge >= 0.3 is 0 Å². The van der Waals surface area contributed by atoms with Gasteiger partial charge in [-0.25, -0.2) is 0 Å². The molecular formula is C20H35IN4O2. The summed E-state index contributed by atoms with van der Waals surface area (Å²) in [4.78, 5) is 6.61. The summed E-state index contributed by atoms with van der Waals surface area (Å²) in [6.07, 6.45) is 2.66. The van der Waals surface area contributed by atoms with Crippen LogP contribution < -0.4 is 20.1 Å². The monoisotopic (exact) mass is 490 g/mol. The summed E-state index contributed by atoms with van der Waals surface area (Å²) in [5.74, 6) is 3.22. The first kappa shape index (κ1) is 23.8. The lowest BCUT2D eigenvalue weighted by atomic mass is 10.2. The lowest BCUT2D eigenvalue weighted by molar-refractivity contribution is 0.217. The molecule has 1 fully saturated rings. The van der Waals surface area contributed by atoms with Crippen molar-refractivity contribution in [1.29, 1.82) is 0 Å². The molecule has 1 saturated carbocycles. The van der Waals surface area contributed by atoms with Crippen LogP contribution in [0.25, 0.3) is 0 Å². The predicted molar refractivity (Wildman–Crippen MR) is 123 cm³/mol. The van der Waals surface area contributed by atoms with Gasteiger partial charge in [-0.1, -0.05) is 19.9 Å². The molecule has 1 aromatic rings. The van der Waals surface area contributed by atoms with Crippen LogP contribution in [-0.2, 0) is 6.54 Å². The first-order valence-electron chi connectivity index (χ1n) is 9.66. The van der Waals surface area contributed by atoms with Gasteiger partial charge in [0.2, 0.25) is 0 Å². The third-order valence-electron chi connectivity index (χ3n) is 4.73. The summed E-state index contributed by atoms with van der Waals surface area (Å²) in [5.41, 5.74) is 1.13. The predicted octanol–water partition coefficient (Wildman–Crippen LogP) is 3.11. The van der Waals surface area contributed by atoms with Crippen molar-refractivity contribution in [1.82, 2.24) is 15.5 Å². The third kappa shape index (κ3) is 8.55. The second-order valence-corrected chi connectivity index (χ2v) is 6.61. The third-order valence-corrected chi connectivity index (χ3v) is 4.73. The van der Waals surface area contributed by atoms with Crippen molar-refractivity contribution in [3.05, 3.63) is 23.8 Å². The van der Waals surface area contributed by atoms with E-state index < -0.39 is 0 Å². The van der Waals surface area contributed by atoms with E-state index in [1.165, 1.54) is 12.8 Å². The lowest BCUT2D eigenvalue weighted by Crippen LogP contribution is -2.37. The number of likely N-dealkylation sites (N-methyl/N-ethyl adjacent to an activating group) is 1. The molecule has 1 aliphatic carbocycles. The molecule has 0 spiro atoms. The van der Waals surface area contributed by atoms with Crippen molar-refractivity contribution in [2.75, 3.05) is 46.9 Å². The van der Waals surface area contributed by atoms with Crippen molar-refractivity contribution < 1.29 is 9.47 Å². The Morgan fingerprint density at radius 3 is 2.52 bits per heavy atom. The summed E-state index contributed by atoms with van der Waals surface area (Å²) in [5, 5.41) is 6.72. The molecule has 0 heterocycles. The summed E-state index contributed by atoms with van der Waals surface area (Å²) in [6, 6.07) is 6.07. The zero-order valence-electron chi connectivity index (χ0n) is 17.1. The molecule has 0 atom stereocenters. The quantitative estimate of drug-likeness (QED) is 0.284. The van der Waals surface area contributed by atoms with Gasteiger partial charge in [-0.05, 0) is 49.5 Å². The highest BCUT2D eigenvalue weighted by Gasteiger charge is 2.21. The van der Waals surface area contributed by atoms with Gasteiger partial charge in [0, 0.05) is 26.7 Å². The maximum absolute atomic E-state index is 5.91. The highest BCUT2D eigenvalue weighted by atomic mass is 127. The van der Waals surface area contributed by atoms with E-state index in [1.54, 1.807) is 14.2 Å². The van der Waals surface area contributed by atoms with E-state index in [4.69, 9.17) is 9.47 Å². The number of hydrogen-bond donors (Lipinski definition) is 2. The maximum atomic E-state index is 5.91. The molecule has 2 N–H and O–H groups in total. The van der Waals surface area contributed by atoms with E-state index in [1.807, 2.05) is 12.1 Å². The van der Waals surface area contributed by atoms with Gasteiger partial charge in [0.15, 0.2) is 17.5 Å². The number of benzene rings is 1. The molecule has 0 aromatic heterocycles. The lowest BCUT2D eigenvalue weighted by Gasteiger charge is -2.19. The number of nitrogens with zero attached hydrogens (tertiary/aromatic N) is 2. The Bertz CT molecular complexity index is 575. The van der Waals surface area contributed by atoms with Crippen molar-refractivity contribution in [3.63, 3.8) is 0 Å². The number of methoxy groups -OCH3 is 1. The smallest absolute Gasteiger partial charge is 0.191 e. The van der Waals surface area contributed by atoms with Crippen LogP contribution in [-0.4, -0.2) is 57.8 Å². The standard InChI is InChI=1S/C20H34N4O2.HI/c1-5-24(6-2)11-12-26-18-10-9-17(13-19(18)25-4)15-23-20(21-3)22-14-16-7-8-16;/h9-10,13,16H,5-8,11-12,14-15H2,1-4H3,(H2,21,22,23);1H. The topological polar surface area (TPSA) is 58.1 Å². The van der Waals surface area contributed by atoms with Gasteiger partial charge in [-0.2, -0.15) is 0 Å². The number of hydrogen-bond acceptors (Lipinski definition) is 4. The Morgan fingerprint density at radius 1 is 1.19 bits per heavy atom. The number of aliphatic imine (C=N–C) groups is 1. The van der Waals surface area contributed by atoms with E-state index in [0.717, 1.165) is 55.1 Å². The van der Waals surface area contributed by atoms with E-state index in [-0.39, 0.29) is 24.0 Å². The van der Waals surface area contributed by atoms with Crippen molar-refractivity contribution in [3.8, 4) is 11.5 Å². The molecule has 0 unspecified atom stereocenters. The van der Waals surface area contributed by atoms with Crippen molar-refractivity contribution >= 4 is 29.9 Å². The van der Waals surface area contributed by atoms with Crippen LogP contribution in [0.5, 0.6) is 11.5 Å². The maximum Gasteiger partial charge on any atom is 0.191 e. The van der Waals surface area contributed by atoms with E-state index in [9.17, 15) is 0 Å². The number of rotatable bonds is 11. The van der Waals surface area contributed by atoms with E-state index in [0.29, 0.717) is 13.2 Å². The molecular weight excluding hydrogens is 455 g/mol. The minimum atomic E-state index is 0.